The first-order chi connectivity index (χ1) is 14.4. The Morgan fingerprint density at radius 3 is 2.60 bits per heavy atom. The van der Waals surface area contributed by atoms with E-state index < -0.39 is 0 Å². The number of amides is 1. The lowest BCUT2D eigenvalue weighted by Gasteiger charge is -2.31. The van der Waals surface area contributed by atoms with E-state index in [2.05, 4.69) is 15.3 Å². The maximum atomic E-state index is 13.0. The number of pyridine rings is 1. The molecule has 1 aliphatic heterocycles. The second-order valence-electron chi connectivity index (χ2n) is 7.69. The van der Waals surface area contributed by atoms with Crippen molar-refractivity contribution in [3.63, 3.8) is 0 Å². The monoisotopic (exact) mass is 411 g/mol. The van der Waals surface area contributed by atoms with Crippen molar-refractivity contribution in [1.82, 2.24) is 29.3 Å². The fourth-order valence-electron chi connectivity index (χ4n) is 3.74. The molecule has 0 N–H and O–H groups in total. The van der Waals surface area contributed by atoms with Gasteiger partial charge in [0.25, 0.3) is 11.5 Å². The van der Waals surface area contributed by atoms with Gasteiger partial charge < -0.3 is 19.1 Å². The van der Waals surface area contributed by atoms with E-state index in [0.29, 0.717) is 30.0 Å². The van der Waals surface area contributed by atoms with Crippen molar-refractivity contribution >= 4 is 17.4 Å². The molecule has 1 aliphatic rings. The molecule has 0 atom stereocenters. The number of fused-ring (bicyclic) bond motifs is 1. The van der Waals surface area contributed by atoms with Gasteiger partial charge in [-0.05, 0) is 25.0 Å². The van der Waals surface area contributed by atoms with Crippen molar-refractivity contribution in [1.29, 1.82) is 0 Å². The smallest absolute Gasteiger partial charge is 0.259 e. The third-order valence-electron chi connectivity index (χ3n) is 5.52. The van der Waals surface area contributed by atoms with E-state index in [9.17, 15) is 9.59 Å². The Morgan fingerprint density at radius 1 is 1.20 bits per heavy atom. The van der Waals surface area contributed by atoms with Crippen LogP contribution >= 0.6 is 0 Å². The number of methoxy groups -OCH3 is 1. The van der Waals surface area contributed by atoms with Crippen LogP contribution in [0.1, 0.15) is 34.9 Å². The minimum absolute atomic E-state index is 0.139. The Labute approximate surface area is 173 Å². The predicted octanol–water partition coefficient (Wildman–Crippen LogP) is 0.917. The van der Waals surface area contributed by atoms with Crippen LogP contribution in [0.4, 0.5) is 5.82 Å². The van der Waals surface area contributed by atoms with Crippen molar-refractivity contribution in [3.8, 4) is 5.75 Å². The summed E-state index contributed by atoms with van der Waals surface area (Å²) >= 11 is 0. The molecule has 0 spiro atoms. The molecule has 1 saturated heterocycles. The molecule has 4 rings (SSSR count). The van der Waals surface area contributed by atoms with Crippen LogP contribution in [0.3, 0.4) is 0 Å². The van der Waals surface area contributed by atoms with E-state index in [1.54, 1.807) is 16.5 Å². The van der Waals surface area contributed by atoms with Crippen molar-refractivity contribution in [2.45, 2.75) is 18.8 Å². The normalized spacial score (nSPS) is 14.9. The van der Waals surface area contributed by atoms with Crippen LogP contribution in [0.5, 0.6) is 5.75 Å². The lowest BCUT2D eigenvalue weighted by Crippen LogP contribution is -2.39. The molecule has 1 fully saturated rings. The van der Waals surface area contributed by atoms with Crippen LogP contribution in [0.15, 0.2) is 29.2 Å². The fourth-order valence-corrected chi connectivity index (χ4v) is 3.74. The third-order valence-corrected chi connectivity index (χ3v) is 5.52. The molecule has 10 nitrogen and oxygen atoms in total. The Morgan fingerprint density at radius 2 is 1.93 bits per heavy atom. The zero-order chi connectivity index (χ0) is 21.4. The summed E-state index contributed by atoms with van der Waals surface area (Å²) in [6.07, 6.45) is 3.05. The Kier molecular flexibility index (Phi) is 5.15. The van der Waals surface area contributed by atoms with Gasteiger partial charge >= 0.3 is 0 Å². The highest BCUT2D eigenvalue weighted by atomic mass is 16.5. The standard InChI is InChI=1S/C20H25N7O3/c1-24(2)17-6-5-16-21-22-19(27(16)23-17)13-7-9-26(10-8-13)20(29)14-12-25(3)18(28)11-15(14)30-4/h5-6,11-13H,7-10H2,1-4H3. The number of carbonyl (C=O) groups is 1. The largest absolute Gasteiger partial charge is 0.496 e. The van der Waals surface area contributed by atoms with Crippen LogP contribution in [0.2, 0.25) is 0 Å². The zero-order valence-corrected chi connectivity index (χ0v) is 17.6. The van der Waals surface area contributed by atoms with E-state index in [1.165, 1.54) is 23.9 Å². The Balaban J connectivity index is 1.53. The number of nitrogens with zero attached hydrogens (tertiary/aromatic N) is 7. The first-order valence-corrected chi connectivity index (χ1v) is 9.82. The van der Waals surface area contributed by atoms with Gasteiger partial charge in [0.05, 0.1) is 12.7 Å². The summed E-state index contributed by atoms with van der Waals surface area (Å²) in [4.78, 5) is 28.6. The molecule has 158 valence electrons. The molecule has 0 saturated carbocycles. The highest BCUT2D eigenvalue weighted by Crippen LogP contribution is 2.29. The third kappa shape index (κ3) is 3.49. The maximum absolute atomic E-state index is 13.0. The summed E-state index contributed by atoms with van der Waals surface area (Å²) in [5, 5.41) is 13.2. The van der Waals surface area contributed by atoms with E-state index in [1.807, 2.05) is 31.1 Å². The molecule has 0 unspecified atom stereocenters. The average molecular weight is 411 g/mol. The molecule has 3 aromatic heterocycles. The summed E-state index contributed by atoms with van der Waals surface area (Å²) in [5.74, 6) is 1.98. The van der Waals surface area contributed by atoms with E-state index in [4.69, 9.17) is 4.74 Å². The molecular weight excluding hydrogens is 386 g/mol. The summed E-state index contributed by atoms with van der Waals surface area (Å²) < 4.78 is 8.44. The number of aryl methyl sites for hydroxylation is 1. The van der Waals surface area contributed by atoms with Gasteiger partial charge in [-0.1, -0.05) is 0 Å². The van der Waals surface area contributed by atoms with Gasteiger partial charge in [0.1, 0.15) is 11.6 Å². The number of aromatic nitrogens is 5. The van der Waals surface area contributed by atoms with Crippen LogP contribution < -0.4 is 15.2 Å². The average Bonchev–Trinajstić information content (AvgIpc) is 3.18. The summed E-state index contributed by atoms with van der Waals surface area (Å²) in [5.41, 5.74) is 0.887. The van der Waals surface area contributed by atoms with Crippen molar-refractivity contribution < 1.29 is 9.53 Å². The van der Waals surface area contributed by atoms with Crippen LogP contribution in [-0.2, 0) is 7.05 Å². The highest BCUT2D eigenvalue weighted by Gasteiger charge is 2.29. The summed E-state index contributed by atoms with van der Waals surface area (Å²) in [7, 11) is 6.96. The van der Waals surface area contributed by atoms with E-state index in [0.717, 1.165) is 24.5 Å². The number of hydrogen-bond donors (Lipinski definition) is 0. The first-order valence-electron chi connectivity index (χ1n) is 9.82. The van der Waals surface area contributed by atoms with Crippen LogP contribution in [-0.4, -0.2) is 69.5 Å². The van der Waals surface area contributed by atoms with Gasteiger partial charge in [-0.2, -0.15) is 4.52 Å². The van der Waals surface area contributed by atoms with Gasteiger partial charge in [0.15, 0.2) is 11.5 Å². The van der Waals surface area contributed by atoms with Gasteiger partial charge in [0, 0.05) is 52.4 Å². The quantitative estimate of drug-likeness (QED) is 0.630. The number of hydrogen-bond acceptors (Lipinski definition) is 7. The molecule has 4 heterocycles. The second-order valence-corrected chi connectivity index (χ2v) is 7.69. The summed E-state index contributed by atoms with van der Waals surface area (Å²) in [6, 6.07) is 5.16. The molecule has 1 amide bonds. The highest BCUT2D eigenvalue weighted by molar-refractivity contribution is 5.96. The molecule has 0 aliphatic carbocycles. The molecule has 30 heavy (non-hydrogen) atoms. The number of piperidine rings is 1. The minimum atomic E-state index is -0.217. The van der Waals surface area contributed by atoms with Crippen LogP contribution in [0, 0.1) is 0 Å². The fraction of sp³-hybridized carbons (Fsp3) is 0.450. The molecule has 0 radical (unpaired) electrons. The molecule has 3 aromatic rings. The van der Waals surface area contributed by atoms with Gasteiger partial charge in [-0.15, -0.1) is 15.3 Å². The number of rotatable bonds is 4. The maximum Gasteiger partial charge on any atom is 0.259 e. The Bertz CT molecular complexity index is 1140. The minimum Gasteiger partial charge on any atom is -0.496 e. The topological polar surface area (TPSA) is 97.9 Å². The second kappa shape index (κ2) is 7.77. The van der Waals surface area contributed by atoms with Gasteiger partial charge in [-0.25, -0.2) is 0 Å². The molecular formula is C20H25N7O3. The number of ether oxygens (including phenoxy) is 1. The van der Waals surface area contributed by atoms with Crippen molar-refractivity contribution in [3.05, 3.63) is 46.1 Å². The van der Waals surface area contributed by atoms with Gasteiger partial charge in [-0.3, -0.25) is 9.59 Å². The van der Waals surface area contributed by atoms with Crippen molar-refractivity contribution in [2.75, 3.05) is 39.2 Å². The predicted molar refractivity (Wildman–Crippen MR) is 111 cm³/mol. The number of carbonyl (C=O) groups excluding carboxylic acids is 1. The number of anilines is 1. The molecule has 0 bridgehead atoms. The lowest BCUT2D eigenvalue weighted by atomic mass is 9.95. The van der Waals surface area contributed by atoms with Crippen LogP contribution in [0.25, 0.3) is 5.65 Å². The van der Waals surface area contributed by atoms with E-state index >= 15 is 0 Å². The van der Waals surface area contributed by atoms with E-state index in [-0.39, 0.29) is 17.4 Å². The SMILES string of the molecule is COc1cc(=O)n(C)cc1C(=O)N1CCC(c2nnc3ccc(N(C)C)nn23)CC1. The first kappa shape index (κ1) is 19.9. The number of likely N-dealkylation sites (tertiary alicyclic amines) is 1. The molecule has 0 aromatic carbocycles. The lowest BCUT2D eigenvalue weighted by molar-refractivity contribution is 0.0706. The van der Waals surface area contributed by atoms with Gasteiger partial charge in [0.2, 0.25) is 0 Å². The van der Waals surface area contributed by atoms with Crippen molar-refractivity contribution in [2.24, 2.45) is 7.05 Å². The Hall–Kier alpha value is -3.43. The molecule has 10 heteroatoms. The zero-order valence-electron chi connectivity index (χ0n) is 17.6. The summed E-state index contributed by atoms with van der Waals surface area (Å²) in [6.45, 7) is 1.16.